The Hall–Kier alpha value is -5.43. The maximum absolute atomic E-state index is 13.1. The van der Waals surface area contributed by atoms with Crippen LogP contribution in [0.25, 0.3) is 0 Å². The Bertz CT molecular complexity index is 1400. The van der Waals surface area contributed by atoms with E-state index in [9.17, 15) is 51.5 Å². The van der Waals surface area contributed by atoms with E-state index in [4.69, 9.17) is 9.47 Å². The number of halogens is 3. The smallest absolute Gasteiger partial charge is 0.467 e. The minimum Gasteiger partial charge on any atom is -0.467 e. The molecule has 52 heavy (non-hydrogen) atoms. The molecule has 0 aliphatic heterocycles. The van der Waals surface area contributed by atoms with Crippen molar-refractivity contribution >= 4 is 47.6 Å². The predicted molar refractivity (Wildman–Crippen MR) is 174 cm³/mol. The van der Waals surface area contributed by atoms with Crippen molar-refractivity contribution in [3.8, 4) is 0 Å². The van der Waals surface area contributed by atoms with Crippen LogP contribution in [0.3, 0.4) is 0 Å². The predicted octanol–water partition coefficient (Wildman–Crippen LogP) is 0.255. The van der Waals surface area contributed by atoms with E-state index in [1.54, 1.807) is 35.6 Å². The number of alkyl halides is 3. The molecule has 20 heteroatoms. The molecule has 0 fully saturated rings. The fraction of sp³-hybridized carbons (Fsp3) is 0.562. The molecule has 6 amide bonds. The van der Waals surface area contributed by atoms with Crippen molar-refractivity contribution in [2.75, 3.05) is 20.8 Å². The molecule has 0 saturated carbocycles. The molecule has 1 aromatic rings. The number of methoxy groups -OCH3 is 2. The Labute approximate surface area is 297 Å². The number of rotatable bonds is 20. The molecule has 5 atom stereocenters. The number of unbranched alkanes of at least 4 members (excludes halogenated alkanes) is 1. The first-order valence-corrected chi connectivity index (χ1v) is 16.1. The monoisotopic (exact) mass is 746 g/mol. The van der Waals surface area contributed by atoms with Crippen LogP contribution in [0.15, 0.2) is 30.3 Å². The molecule has 0 aromatic heterocycles. The first-order chi connectivity index (χ1) is 24.4. The number of esters is 2. The molecule has 0 spiro atoms. The summed E-state index contributed by atoms with van der Waals surface area (Å²) in [5, 5.41) is 13.5. The second-order valence-electron chi connectivity index (χ2n) is 11.4. The lowest BCUT2D eigenvalue weighted by Crippen LogP contribution is -2.54. The van der Waals surface area contributed by atoms with E-state index in [-0.39, 0.29) is 38.8 Å². The minimum absolute atomic E-state index is 0.0172. The zero-order chi connectivity index (χ0) is 39.4. The zero-order valence-electron chi connectivity index (χ0n) is 29.3. The van der Waals surface area contributed by atoms with Crippen molar-refractivity contribution in [2.45, 2.75) is 95.9 Å². The Balaban J connectivity index is 2.86. The summed E-state index contributed by atoms with van der Waals surface area (Å²) in [6.07, 6.45) is -6.88. The van der Waals surface area contributed by atoms with Gasteiger partial charge in [0.05, 0.1) is 14.2 Å². The van der Waals surface area contributed by atoms with Crippen LogP contribution >= 0.6 is 0 Å². The minimum atomic E-state index is -5.08. The summed E-state index contributed by atoms with van der Waals surface area (Å²) < 4.78 is 51.7. The average molecular weight is 747 g/mol. The van der Waals surface area contributed by atoms with Gasteiger partial charge in [0, 0.05) is 13.0 Å². The first kappa shape index (κ1) is 44.6. The number of carbonyl (C=O) groups excluding carboxylic acids is 8. The van der Waals surface area contributed by atoms with Gasteiger partial charge >= 0.3 is 30.1 Å². The van der Waals surface area contributed by atoms with Crippen LogP contribution < -0.4 is 31.9 Å². The third-order valence-corrected chi connectivity index (χ3v) is 7.18. The van der Waals surface area contributed by atoms with E-state index < -0.39 is 90.4 Å². The van der Waals surface area contributed by atoms with Gasteiger partial charge in [-0.15, -0.1) is 0 Å². The van der Waals surface area contributed by atoms with E-state index in [2.05, 4.69) is 31.3 Å². The highest BCUT2D eigenvalue weighted by molar-refractivity contribution is 5.93. The number of nitrogens with one attached hydrogen (secondary N) is 6. The Morgan fingerprint density at radius 1 is 0.673 bits per heavy atom. The summed E-state index contributed by atoms with van der Waals surface area (Å²) in [6, 6.07) is 2.62. The highest BCUT2D eigenvalue weighted by atomic mass is 19.4. The van der Waals surface area contributed by atoms with Crippen LogP contribution in [-0.4, -0.2) is 105 Å². The quantitative estimate of drug-likeness (QED) is 0.0601. The normalized spacial score (nSPS) is 13.8. The largest absolute Gasteiger partial charge is 0.471 e. The van der Waals surface area contributed by atoms with E-state index >= 15 is 0 Å². The van der Waals surface area contributed by atoms with Crippen LogP contribution in [0.4, 0.5) is 18.0 Å². The molecule has 1 rings (SSSR count). The van der Waals surface area contributed by atoms with Crippen molar-refractivity contribution < 1.29 is 65.7 Å². The van der Waals surface area contributed by atoms with Crippen LogP contribution in [0.5, 0.6) is 0 Å². The summed E-state index contributed by atoms with van der Waals surface area (Å²) in [7, 11) is 2.16. The van der Waals surface area contributed by atoms with Gasteiger partial charge in [-0.2, -0.15) is 13.2 Å². The van der Waals surface area contributed by atoms with Gasteiger partial charge in [-0.3, -0.25) is 24.0 Å². The van der Waals surface area contributed by atoms with Gasteiger partial charge in [-0.25, -0.2) is 14.4 Å². The lowest BCUT2D eigenvalue weighted by Gasteiger charge is -2.23. The third-order valence-electron chi connectivity index (χ3n) is 7.18. The number of ether oxygens (including phenoxy) is 3. The molecule has 0 bridgehead atoms. The van der Waals surface area contributed by atoms with E-state index in [0.717, 1.165) is 14.2 Å². The van der Waals surface area contributed by atoms with Crippen molar-refractivity contribution in [1.82, 2.24) is 31.9 Å². The Morgan fingerprint density at radius 2 is 1.25 bits per heavy atom. The highest BCUT2D eigenvalue weighted by Crippen LogP contribution is 2.14. The zero-order valence-corrected chi connectivity index (χ0v) is 29.3. The molecule has 0 aliphatic rings. The topological polar surface area (TPSA) is 236 Å². The van der Waals surface area contributed by atoms with Crippen LogP contribution in [0, 0.1) is 0 Å². The van der Waals surface area contributed by atoms with Crippen molar-refractivity contribution in [1.29, 1.82) is 0 Å². The maximum atomic E-state index is 13.1. The second-order valence-corrected chi connectivity index (χ2v) is 11.4. The molecule has 0 unspecified atom stereocenters. The molecule has 6 N–H and O–H groups in total. The molecular weight excluding hydrogens is 701 g/mol. The first-order valence-electron chi connectivity index (χ1n) is 16.1. The second kappa shape index (κ2) is 22.4. The molecule has 0 heterocycles. The summed E-state index contributed by atoms with van der Waals surface area (Å²) in [5.74, 6) is -7.04. The number of amides is 6. The number of hydrogen-bond acceptors (Lipinski definition) is 11. The van der Waals surface area contributed by atoms with Gasteiger partial charge in [0.1, 0.15) is 36.8 Å². The Morgan fingerprint density at radius 3 is 1.85 bits per heavy atom. The lowest BCUT2D eigenvalue weighted by atomic mass is 10.1. The number of carbonyl (C=O) groups is 8. The standard InChI is InChI=1S/C32H45F3N6O11/c1-18(25(43)38-20(3)28(46)50-4)37-27(45)22(13-9-10-16-36-30(48)32(33,34)35)40-24(42)15-14-23(29(47)51-5)41-26(44)19(2)39-31(49)52-17-21-11-7-6-8-12-21/h6-8,11-12,18-20,22-23H,9-10,13-17H2,1-5H3,(H,36,48)(H,37,45)(H,38,43)(H,39,49)(H,40,42)(H,41,44)/t18-,19+,20-,22+,23-/m1/s1. The lowest BCUT2D eigenvalue weighted by molar-refractivity contribution is -0.173. The summed E-state index contributed by atoms with van der Waals surface area (Å²) in [6.45, 7) is 3.53. The highest BCUT2D eigenvalue weighted by Gasteiger charge is 2.38. The van der Waals surface area contributed by atoms with Gasteiger partial charge in [0.25, 0.3) is 0 Å². The number of hydrogen-bond donors (Lipinski definition) is 6. The molecule has 1 aromatic carbocycles. The molecule has 0 radical (unpaired) electrons. The van der Waals surface area contributed by atoms with E-state index in [1.807, 2.05) is 0 Å². The summed E-state index contributed by atoms with van der Waals surface area (Å²) in [4.78, 5) is 98.6. The SMILES string of the molecule is COC(=O)[C@@H](C)NC(=O)[C@@H](C)NC(=O)[C@H](CCCCNC(=O)C(F)(F)F)NC(=O)CC[C@@H](NC(=O)[C@H](C)NC(=O)OCc1ccccc1)C(=O)OC. The molecule has 0 saturated heterocycles. The summed E-state index contributed by atoms with van der Waals surface area (Å²) >= 11 is 0. The van der Waals surface area contributed by atoms with E-state index in [1.165, 1.54) is 20.8 Å². The molecule has 17 nitrogen and oxygen atoms in total. The fourth-order valence-electron chi connectivity index (χ4n) is 4.23. The third kappa shape index (κ3) is 17.0. The van der Waals surface area contributed by atoms with Gasteiger partial charge in [-0.1, -0.05) is 30.3 Å². The Kier molecular flexibility index (Phi) is 19.2. The van der Waals surface area contributed by atoms with Crippen LogP contribution in [-0.2, 0) is 54.4 Å². The molecular formula is C32H45F3N6O11. The molecule has 0 aliphatic carbocycles. The van der Waals surface area contributed by atoms with Gasteiger partial charge in [0.15, 0.2) is 0 Å². The fourth-order valence-corrected chi connectivity index (χ4v) is 4.23. The van der Waals surface area contributed by atoms with Crippen LogP contribution in [0.1, 0.15) is 58.4 Å². The van der Waals surface area contributed by atoms with Gasteiger partial charge in [0.2, 0.25) is 23.6 Å². The number of alkyl carbamates (subject to hydrolysis) is 1. The molecule has 290 valence electrons. The van der Waals surface area contributed by atoms with E-state index in [0.29, 0.717) is 5.56 Å². The van der Waals surface area contributed by atoms with Crippen molar-refractivity contribution in [3.05, 3.63) is 35.9 Å². The van der Waals surface area contributed by atoms with Gasteiger partial charge in [-0.05, 0) is 52.0 Å². The maximum Gasteiger partial charge on any atom is 0.471 e. The van der Waals surface area contributed by atoms with Gasteiger partial charge < -0.3 is 46.1 Å². The number of benzene rings is 1. The summed E-state index contributed by atoms with van der Waals surface area (Å²) in [5.41, 5.74) is 0.707. The average Bonchev–Trinajstić information content (AvgIpc) is 3.10. The van der Waals surface area contributed by atoms with Crippen molar-refractivity contribution in [2.24, 2.45) is 0 Å². The van der Waals surface area contributed by atoms with Crippen molar-refractivity contribution in [3.63, 3.8) is 0 Å². The van der Waals surface area contributed by atoms with Crippen LogP contribution in [0.2, 0.25) is 0 Å².